The van der Waals surface area contributed by atoms with Gasteiger partial charge in [-0.2, -0.15) is 11.8 Å². The third-order valence-electron chi connectivity index (χ3n) is 2.66. The Morgan fingerprint density at radius 3 is 3.00 bits per heavy atom. The summed E-state index contributed by atoms with van der Waals surface area (Å²) in [6.45, 7) is 5.29. The lowest BCUT2D eigenvalue weighted by Crippen LogP contribution is -2.52. The average Bonchev–Trinajstić information content (AvgIpc) is 2.21. The molecule has 0 aliphatic carbocycles. The molecule has 0 bridgehead atoms. The molecule has 1 aliphatic heterocycles. The molecule has 1 heterocycles. The van der Waals surface area contributed by atoms with Crippen LogP contribution in [0.25, 0.3) is 0 Å². The zero-order valence-electron chi connectivity index (χ0n) is 8.81. The summed E-state index contributed by atoms with van der Waals surface area (Å²) in [6, 6.07) is 0.606. The second kappa shape index (κ2) is 5.46. The van der Waals surface area contributed by atoms with Gasteiger partial charge < -0.3 is 10.9 Å². The van der Waals surface area contributed by atoms with E-state index in [4.69, 9.17) is 10.9 Å². The first-order valence-corrected chi connectivity index (χ1v) is 6.17. The lowest BCUT2D eigenvalue weighted by Gasteiger charge is -2.38. The summed E-state index contributed by atoms with van der Waals surface area (Å²) in [5.41, 5.74) is 5.67. The Kier molecular flexibility index (Phi) is 4.54. The molecule has 1 aliphatic rings. The molecule has 0 aromatic carbocycles. The van der Waals surface area contributed by atoms with E-state index in [1.807, 2.05) is 11.8 Å². The number of thioether (sulfide) groups is 1. The number of rotatable bonds is 3. The molecule has 1 rings (SSSR count). The smallest absolute Gasteiger partial charge is 0.156 e. The van der Waals surface area contributed by atoms with E-state index in [9.17, 15) is 0 Å². The van der Waals surface area contributed by atoms with Crippen LogP contribution < -0.4 is 5.73 Å². The van der Waals surface area contributed by atoms with Crippen molar-refractivity contribution in [1.82, 2.24) is 4.90 Å². The maximum Gasteiger partial charge on any atom is 0.156 e. The fourth-order valence-electron chi connectivity index (χ4n) is 1.88. The highest BCUT2D eigenvalue weighted by molar-refractivity contribution is 7.99. The van der Waals surface area contributed by atoms with Crippen molar-refractivity contribution >= 4 is 17.6 Å². The number of oxime groups is 1. The highest BCUT2D eigenvalue weighted by Crippen LogP contribution is 2.19. The summed E-state index contributed by atoms with van der Waals surface area (Å²) in [4.78, 5) is 2.32. The van der Waals surface area contributed by atoms with Crippen LogP contribution in [0.4, 0.5) is 0 Å². The molecule has 0 spiro atoms. The van der Waals surface area contributed by atoms with E-state index in [1.54, 1.807) is 0 Å². The molecule has 0 amide bonds. The van der Waals surface area contributed by atoms with Gasteiger partial charge in [0.05, 0.1) is 6.04 Å². The van der Waals surface area contributed by atoms with Crippen molar-refractivity contribution in [3.8, 4) is 0 Å². The fourth-order valence-corrected chi connectivity index (χ4v) is 2.92. The fraction of sp³-hybridized carbons (Fsp3) is 0.889. The van der Waals surface area contributed by atoms with Crippen LogP contribution in [0.2, 0.25) is 0 Å². The number of amidine groups is 1. The van der Waals surface area contributed by atoms with Crippen molar-refractivity contribution in [3.05, 3.63) is 0 Å². The Labute approximate surface area is 89.5 Å². The van der Waals surface area contributed by atoms with Crippen LogP contribution in [0, 0.1) is 0 Å². The molecule has 0 aromatic heterocycles. The van der Waals surface area contributed by atoms with Crippen LogP contribution in [0.15, 0.2) is 5.16 Å². The van der Waals surface area contributed by atoms with Crippen LogP contribution in [0.3, 0.4) is 0 Å². The summed E-state index contributed by atoms with van der Waals surface area (Å²) < 4.78 is 0. The molecule has 2 unspecified atom stereocenters. The molecular formula is C9H19N3OS. The largest absolute Gasteiger partial charge is 0.409 e. The Morgan fingerprint density at radius 1 is 1.79 bits per heavy atom. The number of nitrogens with two attached hydrogens (primary N) is 1. The highest BCUT2D eigenvalue weighted by Gasteiger charge is 2.27. The summed E-state index contributed by atoms with van der Waals surface area (Å²) in [6.07, 6.45) is 0.894. The lowest BCUT2D eigenvalue weighted by molar-refractivity contribution is 0.193. The molecule has 82 valence electrons. The Balaban J connectivity index is 2.67. The van der Waals surface area contributed by atoms with Crippen LogP contribution in [0.5, 0.6) is 0 Å². The van der Waals surface area contributed by atoms with E-state index in [0.29, 0.717) is 11.9 Å². The van der Waals surface area contributed by atoms with Crippen molar-refractivity contribution in [3.63, 3.8) is 0 Å². The quantitative estimate of drug-likeness (QED) is 0.320. The van der Waals surface area contributed by atoms with Gasteiger partial charge in [-0.1, -0.05) is 12.1 Å². The first-order valence-electron chi connectivity index (χ1n) is 5.01. The maximum atomic E-state index is 8.68. The predicted molar refractivity (Wildman–Crippen MR) is 61.0 cm³/mol. The molecule has 2 atom stereocenters. The minimum Gasteiger partial charge on any atom is -0.409 e. The third kappa shape index (κ3) is 2.54. The van der Waals surface area contributed by atoms with Crippen LogP contribution >= 0.6 is 11.8 Å². The van der Waals surface area contributed by atoms with Gasteiger partial charge in [0.2, 0.25) is 0 Å². The van der Waals surface area contributed by atoms with Crippen LogP contribution in [0.1, 0.15) is 20.3 Å². The molecule has 0 aromatic rings. The second-order valence-corrected chi connectivity index (χ2v) is 4.76. The van der Waals surface area contributed by atoms with Crippen molar-refractivity contribution in [2.75, 3.05) is 18.1 Å². The maximum absolute atomic E-state index is 8.68. The van der Waals surface area contributed by atoms with Crippen LogP contribution in [-0.4, -0.2) is 46.1 Å². The van der Waals surface area contributed by atoms with E-state index < -0.39 is 0 Å². The first kappa shape index (κ1) is 11.7. The molecule has 1 fully saturated rings. The standard InChI is InChI=1S/C9H19N3OS/c1-3-8(9(10)11-13)12-4-5-14-6-7(12)2/h7-8,13H,3-6H2,1-2H3,(H2,10,11). The molecule has 0 radical (unpaired) electrons. The van der Waals surface area contributed by atoms with E-state index in [-0.39, 0.29) is 6.04 Å². The van der Waals surface area contributed by atoms with Gasteiger partial charge in [-0.25, -0.2) is 0 Å². The lowest BCUT2D eigenvalue weighted by atomic mass is 10.1. The van der Waals surface area contributed by atoms with E-state index >= 15 is 0 Å². The predicted octanol–water partition coefficient (Wildman–Crippen LogP) is 0.949. The highest BCUT2D eigenvalue weighted by atomic mass is 32.2. The number of hydrogen-bond acceptors (Lipinski definition) is 4. The summed E-state index contributed by atoms with van der Waals surface area (Å²) in [7, 11) is 0. The molecular weight excluding hydrogens is 198 g/mol. The summed E-state index contributed by atoms with van der Waals surface area (Å²) >= 11 is 1.97. The van der Waals surface area contributed by atoms with E-state index in [0.717, 1.165) is 24.5 Å². The Morgan fingerprint density at radius 2 is 2.50 bits per heavy atom. The van der Waals surface area contributed by atoms with Gasteiger partial charge in [0.15, 0.2) is 5.84 Å². The zero-order chi connectivity index (χ0) is 10.6. The van der Waals surface area contributed by atoms with Crippen molar-refractivity contribution in [2.24, 2.45) is 10.9 Å². The van der Waals surface area contributed by atoms with Gasteiger partial charge in [0.25, 0.3) is 0 Å². The van der Waals surface area contributed by atoms with Gasteiger partial charge >= 0.3 is 0 Å². The summed E-state index contributed by atoms with van der Waals surface area (Å²) in [5.74, 6) is 2.61. The van der Waals surface area contributed by atoms with E-state index in [1.165, 1.54) is 0 Å². The normalized spacial score (nSPS) is 27.6. The van der Waals surface area contributed by atoms with Gasteiger partial charge in [-0.3, -0.25) is 4.90 Å². The topological polar surface area (TPSA) is 61.9 Å². The zero-order valence-corrected chi connectivity index (χ0v) is 9.63. The van der Waals surface area contributed by atoms with Crippen LogP contribution in [-0.2, 0) is 0 Å². The number of hydrogen-bond donors (Lipinski definition) is 2. The van der Waals surface area contributed by atoms with Gasteiger partial charge in [-0.15, -0.1) is 0 Å². The van der Waals surface area contributed by atoms with Crippen molar-refractivity contribution in [2.45, 2.75) is 32.4 Å². The summed E-state index contributed by atoms with van der Waals surface area (Å²) in [5, 5.41) is 11.8. The van der Waals surface area contributed by atoms with Gasteiger partial charge in [-0.05, 0) is 13.3 Å². The molecule has 0 saturated carbocycles. The average molecular weight is 217 g/mol. The molecule has 14 heavy (non-hydrogen) atoms. The van der Waals surface area contributed by atoms with Crippen molar-refractivity contribution < 1.29 is 5.21 Å². The molecule has 3 N–H and O–H groups in total. The monoisotopic (exact) mass is 217 g/mol. The van der Waals surface area contributed by atoms with Crippen molar-refractivity contribution in [1.29, 1.82) is 0 Å². The van der Waals surface area contributed by atoms with Gasteiger partial charge in [0.1, 0.15) is 0 Å². The molecule has 1 saturated heterocycles. The number of nitrogens with zero attached hydrogens (tertiary/aromatic N) is 2. The Hall–Kier alpha value is -0.420. The minimum absolute atomic E-state index is 0.0934. The first-order chi connectivity index (χ1) is 6.70. The SMILES string of the molecule is CCC(/C(N)=N/O)N1CCSCC1C. The molecule has 5 heteroatoms. The molecule has 4 nitrogen and oxygen atoms in total. The van der Waals surface area contributed by atoms with Gasteiger partial charge in [0, 0.05) is 24.1 Å². The third-order valence-corrected chi connectivity index (χ3v) is 3.85. The minimum atomic E-state index is 0.0934. The second-order valence-electron chi connectivity index (χ2n) is 3.61. The van der Waals surface area contributed by atoms with E-state index in [2.05, 4.69) is 23.9 Å². The Bertz CT molecular complexity index is 210.